The minimum Gasteiger partial charge on any atom is -0.367 e. The van der Waals surface area contributed by atoms with Crippen molar-refractivity contribution in [3.8, 4) is 0 Å². The fourth-order valence-corrected chi connectivity index (χ4v) is 3.90. The van der Waals surface area contributed by atoms with Crippen LogP contribution in [0, 0.1) is 12.7 Å². The molecule has 0 radical (unpaired) electrons. The number of fused-ring (bicyclic) bond motifs is 1. The van der Waals surface area contributed by atoms with Gasteiger partial charge in [-0.3, -0.25) is 4.90 Å². The molecule has 1 saturated heterocycles. The lowest BCUT2D eigenvalue weighted by Crippen LogP contribution is -2.46. The van der Waals surface area contributed by atoms with Crippen LogP contribution in [0.3, 0.4) is 0 Å². The van der Waals surface area contributed by atoms with Gasteiger partial charge in [0.1, 0.15) is 11.6 Å². The van der Waals surface area contributed by atoms with Crippen molar-refractivity contribution in [3.05, 3.63) is 47.7 Å². The largest absolute Gasteiger partial charge is 0.367 e. The van der Waals surface area contributed by atoms with Gasteiger partial charge in [-0.1, -0.05) is 12.1 Å². The summed E-state index contributed by atoms with van der Waals surface area (Å²) >= 11 is 0. The highest BCUT2D eigenvalue weighted by Gasteiger charge is 2.21. The number of aromatic nitrogens is 4. The molecule has 4 rings (SSSR count). The fourth-order valence-electron chi connectivity index (χ4n) is 3.90. The molecule has 8 heteroatoms. The number of nitrogens with zero attached hydrogens (tertiary/aromatic N) is 7. The standard InChI is InChI=1S/C21H28FN7/c1-4-27(5-2)20-14-16(3)23-21-24-19(25-29(20)21)15-26-10-12-28(13-11-26)18-9-7-6-8-17(18)22/h6-9,14H,4-5,10-13,15H2,1-3H3. The highest BCUT2D eigenvalue weighted by molar-refractivity contribution is 5.48. The number of aryl methyl sites for hydroxylation is 1. The Morgan fingerprint density at radius 3 is 2.45 bits per heavy atom. The van der Waals surface area contributed by atoms with Gasteiger partial charge in [-0.05, 0) is 32.9 Å². The molecule has 1 aliphatic rings. The first-order valence-corrected chi connectivity index (χ1v) is 10.3. The molecule has 0 aliphatic carbocycles. The van der Waals surface area contributed by atoms with E-state index in [4.69, 9.17) is 5.10 Å². The van der Waals surface area contributed by atoms with Crippen molar-refractivity contribution in [2.24, 2.45) is 0 Å². The molecule has 0 saturated carbocycles. The minimum absolute atomic E-state index is 0.159. The third-order valence-electron chi connectivity index (χ3n) is 5.48. The van der Waals surface area contributed by atoms with E-state index in [1.165, 1.54) is 6.07 Å². The molecule has 0 spiro atoms. The maximum atomic E-state index is 14.0. The monoisotopic (exact) mass is 397 g/mol. The van der Waals surface area contributed by atoms with Crippen molar-refractivity contribution in [1.82, 2.24) is 24.5 Å². The molecule has 154 valence electrons. The zero-order valence-electron chi connectivity index (χ0n) is 17.3. The summed E-state index contributed by atoms with van der Waals surface area (Å²) in [6.45, 7) is 12.0. The zero-order chi connectivity index (χ0) is 20.4. The van der Waals surface area contributed by atoms with Crippen LogP contribution in [-0.2, 0) is 6.54 Å². The first-order valence-electron chi connectivity index (χ1n) is 10.3. The van der Waals surface area contributed by atoms with Crippen LogP contribution in [0.15, 0.2) is 30.3 Å². The predicted molar refractivity (Wildman–Crippen MR) is 113 cm³/mol. The summed E-state index contributed by atoms with van der Waals surface area (Å²) in [5.41, 5.74) is 1.62. The lowest BCUT2D eigenvalue weighted by molar-refractivity contribution is 0.243. The van der Waals surface area contributed by atoms with Gasteiger partial charge in [0.25, 0.3) is 5.78 Å². The Kier molecular flexibility index (Phi) is 5.62. The number of rotatable bonds is 6. The highest BCUT2D eigenvalue weighted by atomic mass is 19.1. The van der Waals surface area contributed by atoms with E-state index in [1.54, 1.807) is 6.07 Å². The van der Waals surface area contributed by atoms with E-state index in [9.17, 15) is 4.39 Å². The molecule has 0 amide bonds. The molecule has 2 aromatic heterocycles. The Balaban J connectivity index is 1.48. The van der Waals surface area contributed by atoms with Gasteiger partial charge in [0.05, 0.1) is 12.2 Å². The van der Waals surface area contributed by atoms with E-state index in [0.717, 1.165) is 56.6 Å². The van der Waals surface area contributed by atoms with Crippen LogP contribution in [-0.4, -0.2) is 63.8 Å². The van der Waals surface area contributed by atoms with E-state index < -0.39 is 0 Å². The second-order valence-electron chi connectivity index (χ2n) is 7.38. The smallest absolute Gasteiger partial charge is 0.254 e. The van der Waals surface area contributed by atoms with E-state index in [2.05, 4.69) is 44.6 Å². The van der Waals surface area contributed by atoms with E-state index >= 15 is 0 Å². The van der Waals surface area contributed by atoms with Crippen molar-refractivity contribution in [2.75, 3.05) is 49.1 Å². The van der Waals surface area contributed by atoms with Crippen molar-refractivity contribution in [3.63, 3.8) is 0 Å². The van der Waals surface area contributed by atoms with Crippen molar-refractivity contribution in [2.45, 2.75) is 27.3 Å². The van der Waals surface area contributed by atoms with Crippen LogP contribution in [0.2, 0.25) is 0 Å². The van der Waals surface area contributed by atoms with Crippen molar-refractivity contribution < 1.29 is 4.39 Å². The van der Waals surface area contributed by atoms with Crippen LogP contribution in [0.25, 0.3) is 5.78 Å². The zero-order valence-corrected chi connectivity index (χ0v) is 17.3. The maximum Gasteiger partial charge on any atom is 0.254 e. The van der Waals surface area contributed by atoms with Gasteiger partial charge in [0, 0.05) is 51.0 Å². The molecule has 1 aliphatic heterocycles. The van der Waals surface area contributed by atoms with Crippen molar-refractivity contribution >= 4 is 17.3 Å². The van der Waals surface area contributed by atoms with Gasteiger partial charge < -0.3 is 9.80 Å². The van der Waals surface area contributed by atoms with Crippen LogP contribution in [0.5, 0.6) is 0 Å². The molecule has 0 bridgehead atoms. The lowest BCUT2D eigenvalue weighted by Gasteiger charge is -2.35. The normalized spacial score (nSPS) is 15.2. The molecular weight excluding hydrogens is 369 g/mol. The summed E-state index contributed by atoms with van der Waals surface area (Å²) in [5.74, 6) is 2.29. The average Bonchev–Trinajstić information content (AvgIpc) is 3.12. The molecule has 3 aromatic rings. The topological polar surface area (TPSA) is 52.8 Å². The number of piperazine rings is 1. The van der Waals surface area contributed by atoms with E-state index in [0.29, 0.717) is 18.0 Å². The van der Waals surface area contributed by atoms with Gasteiger partial charge in [0.15, 0.2) is 5.82 Å². The van der Waals surface area contributed by atoms with Crippen LogP contribution in [0.1, 0.15) is 25.4 Å². The number of para-hydroxylation sites is 1. The number of halogens is 1. The average molecular weight is 398 g/mol. The van der Waals surface area contributed by atoms with Crippen LogP contribution >= 0.6 is 0 Å². The molecule has 1 fully saturated rings. The lowest BCUT2D eigenvalue weighted by atomic mass is 10.2. The number of benzene rings is 1. The molecule has 0 atom stereocenters. The summed E-state index contributed by atoms with van der Waals surface area (Å²) in [7, 11) is 0. The van der Waals surface area contributed by atoms with Gasteiger partial charge in [-0.2, -0.15) is 9.50 Å². The predicted octanol–water partition coefficient (Wildman–Crippen LogP) is 2.74. The van der Waals surface area contributed by atoms with Crippen molar-refractivity contribution in [1.29, 1.82) is 0 Å². The minimum atomic E-state index is -0.159. The molecular formula is C21H28FN7. The Labute approximate surface area is 170 Å². The summed E-state index contributed by atoms with van der Waals surface area (Å²) in [6, 6.07) is 9.04. The van der Waals surface area contributed by atoms with Gasteiger partial charge in [0.2, 0.25) is 0 Å². The number of hydrogen-bond donors (Lipinski definition) is 0. The van der Waals surface area contributed by atoms with Gasteiger partial charge in [-0.25, -0.2) is 9.37 Å². The molecule has 29 heavy (non-hydrogen) atoms. The summed E-state index contributed by atoms with van der Waals surface area (Å²) in [4.78, 5) is 15.9. The fraction of sp³-hybridized carbons (Fsp3) is 0.476. The SMILES string of the molecule is CCN(CC)c1cc(C)nc2nc(CN3CCN(c4ccccc4F)CC3)nn12. The Bertz CT molecular complexity index is 974. The van der Waals surface area contributed by atoms with Gasteiger partial charge in [-0.15, -0.1) is 5.10 Å². The van der Waals surface area contributed by atoms with Gasteiger partial charge >= 0.3 is 0 Å². The number of anilines is 2. The third-order valence-corrected chi connectivity index (χ3v) is 5.48. The molecule has 3 heterocycles. The number of hydrogen-bond acceptors (Lipinski definition) is 6. The van der Waals surface area contributed by atoms with E-state index in [-0.39, 0.29) is 5.82 Å². The third kappa shape index (κ3) is 4.03. The quantitative estimate of drug-likeness (QED) is 0.638. The Hall–Kier alpha value is -2.74. The first-order chi connectivity index (χ1) is 14.1. The Morgan fingerprint density at radius 1 is 1.03 bits per heavy atom. The highest BCUT2D eigenvalue weighted by Crippen LogP contribution is 2.21. The summed E-state index contributed by atoms with van der Waals surface area (Å²) < 4.78 is 15.9. The maximum absolute atomic E-state index is 14.0. The van der Waals surface area contributed by atoms with Crippen LogP contribution in [0.4, 0.5) is 15.9 Å². The Morgan fingerprint density at radius 2 is 1.76 bits per heavy atom. The summed E-state index contributed by atoms with van der Waals surface area (Å²) in [6.07, 6.45) is 0. The second kappa shape index (κ2) is 8.32. The molecule has 0 N–H and O–H groups in total. The van der Waals surface area contributed by atoms with E-state index in [1.807, 2.05) is 23.6 Å². The summed E-state index contributed by atoms with van der Waals surface area (Å²) in [5, 5.41) is 4.74. The van der Waals surface area contributed by atoms with Crippen LogP contribution < -0.4 is 9.80 Å². The molecule has 7 nitrogen and oxygen atoms in total. The second-order valence-corrected chi connectivity index (χ2v) is 7.38. The molecule has 1 aromatic carbocycles. The molecule has 0 unspecified atom stereocenters. The first kappa shape index (κ1) is 19.6.